The molecule has 0 bridgehead atoms. The molecular weight excluding hydrogens is 425 g/mol. The van der Waals surface area contributed by atoms with E-state index in [1.54, 1.807) is 39.1 Å². The summed E-state index contributed by atoms with van der Waals surface area (Å²) in [6.07, 6.45) is 1.19. The molecule has 7 nitrogen and oxygen atoms in total. The Balaban J connectivity index is 1.82. The summed E-state index contributed by atoms with van der Waals surface area (Å²) in [5.41, 5.74) is 0.879. The number of halogens is 2. The van der Waals surface area contributed by atoms with E-state index in [0.29, 0.717) is 40.8 Å². The molecule has 3 rings (SSSR count). The number of benzene rings is 1. The van der Waals surface area contributed by atoms with Crippen LogP contribution in [0.4, 0.5) is 5.69 Å². The molecule has 2 heterocycles. The number of carbonyl (C=O) groups is 1. The number of piperidine rings is 1. The molecule has 1 amide bonds. The Morgan fingerprint density at radius 2 is 1.89 bits per heavy atom. The highest BCUT2D eigenvalue weighted by atomic mass is 35.5. The van der Waals surface area contributed by atoms with E-state index in [9.17, 15) is 13.2 Å². The maximum absolute atomic E-state index is 13.1. The van der Waals surface area contributed by atoms with Crippen LogP contribution in [0.25, 0.3) is 0 Å². The summed E-state index contributed by atoms with van der Waals surface area (Å²) in [4.78, 5) is 14.5. The minimum absolute atomic E-state index is 0.0792. The van der Waals surface area contributed by atoms with Gasteiger partial charge in [-0.05, 0) is 44.9 Å². The van der Waals surface area contributed by atoms with E-state index in [1.807, 2.05) is 0 Å². The Labute approximate surface area is 174 Å². The van der Waals surface area contributed by atoms with Crippen LogP contribution in [0.2, 0.25) is 10.0 Å². The average molecular weight is 446 g/mol. The molecule has 28 heavy (non-hydrogen) atoms. The highest BCUT2D eigenvalue weighted by molar-refractivity contribution is 7.89. The van der Waals surface area contributed by atoms with Gasteiger partial charge in [-0.2, -0.15) is 4.31 Å². The van der Waals surface area contributed by atoms with Gasteiger partial charge in [0, 0.05) is 35.9 Å². The molecule has 0 aliphatic carbocycles. The average Bonchev–Trinajstić information content (AvgIpc) is 2.98. The normalized spacial score (nSPS) is 18.2. The molecule has 1 aliphatic heterocycles. The van der Waals surface area contributed by atoms with Gasteiger partial charge in [-0.3, -0.25) is 4.79 Å². The highest BCUT2D eigenvalue weighted by Gasteiger charge is 2.37. The number of nitrogens with zero attached hydrogens (tertiary/aromatic N) is 3. The molecule has 2 aromatic rings. The first-order valence-corrected chi connectivity index (χ1v) is 11.0. The molecule has 1 aliphatic rings. The van der Waals surface area contributed by atoms with Crippen molar-refractivity contribution in [2.45, 2.75) is 31.6 Å². The van der Waals surface area contributed by atoms with Crippen molar-refractivity contribution in [3.05, 3.63) is 39.7 Å². The summed E-state index contributed by atoms with van der Waals surface area (Å²) in [6.45, 7) is 3.61. The zero-order valence-corrected chi connectivity index (χ0v) is 18.1. The second-order valence-electron chi connectivity index (χ2n) is 6.88. The fraction of sp³-hybridized carbons (Fsp3) is 0.444. The van der Waals surface area contributed by atoms with Crippen molar-refractivity contribution < 1.29 is 17.7 Å². The number of aryl methyl sites for hydroxylation is 2. The molecule has 0 radical (unpaired) electrons. The molecule has 0 saturated carbocycles. The molecule has 1 aromatic carbocycles. The number of hydrogen-bond donors (Lipinski definition) is 0. The lowest BCUT2D eigenvalue weighted by molar-refractivity contribution is -0.123. The molecule has 0 spiro atoms. The first-order valence-electron chi connectivity index (χ1n) is 8.78. The van der Waals surface area contributed by atoms with E-state index in [1.165, 1.54) is 9.21 Å². The van der Waals surface area contributed by atoms with Crippen molar-refractivity contribution in [3.8, 4) is 0 Å². The van der Waals surface area contributed by atoms with E-state index in [2.05, 4.69) is 5.16 Å². The maximum atomic E-state index is 13.1. The summed E-state index contributed by atoms with van der Waals surface area (Å²) in [5.74, 6) is -0.402. The summed E-state index contributed by atoms with van der Waals surface area (Å²) in [7, 11) is -2.16. The van der Waals surface area contributed by atoms with Gasteiger partial charge in [-0.15, -0.1) is 0 Å². The number of aromatic nitrogens is 1. The summed E-state index contributed by atoms with van der Waals surface area (Å²) in [5, 5.41) is 4.58. The van der Waals surface area contributed by atoms with Crippen molar-refractivity contribution >= 4 is 44.8 Å². The molecule has 152 valence electrons. The molecule has 1 unspecified atom stereocenters. The Morgan fingerprint density at radius 1 is 1.25 bits per heavy atom. The second-order valence-corrected chi connectivity index (χ2v) is 9.63. The topological polar surface area (TPSA) is 83.7 Å². The molecule has 1 saturated heterocycles. The summed E-state index contributed by atoms with van der Waals surface area (Å²) in [6, 6.07) is 4.88. The van der Waals surface area contributed by atoms with Crippen molar-refractivity contribution in [2.24, 2.45) is 5.92 Å². The van der Waals surface area contributed by atoms with Crippen LogP contribution < -0.4 is 4.90 Å². The number of carbonyl (C=O) groups excluding carboxylic acids is 1. The number of amides is 1. The van der Waals surface area contributed by atoms with E-state index in [4.69, 9.17) is 27.7 Å². The summed E-state index contributed by atoms with van der Waals surface area (Å²) >= 11 is 12.1. The lowest BCUT2D eigenvalue weighted by Crippen LogP contribution is -2.46. The van der Waals surface area contributed by atoms with Crippen LogP contribution in [0.5, 0.6) is 0 Å². The van der Waals surface area contributed by atoms with E-state index in [-0.39, 0.29) is 23.1 Å². The first kappa shape index (κ1) is 21.1. The van der Waals surface area contributed by atoms with Crippen molar-refractivity contribution in [3.63, 3.8) is 0 Å². The Morgan fingerprint density at radius 3 is 2.46 bits per heavy atom. The van der Waals surface area contributed by atoms with Crippen LogP contribution >= 0.6 is 23.2 Å². The minimum atomic E-state index is -3.79. The third-order valence-electron chi connectivity index (χ3n) is 4.86. The first-order chi connectivity index (χ1) is 13.1. The number of hydrogen-bond acceptors (Lipinski definition) is 5. The standard InChI is InChI=1S/C18H21Cl2N3O4S/c1-11-17(12(2)27-21-11)28(25,26)23-6-4-5-13(10-23)18(24)22(3)16-8-14(19)7-15(20)9-16/h7-9,13H,4-6,10H2,1-3H3. The third-order valence-corrected chi connectivity index (χ3v) is 7.41. The van der Waals surface area contributed by atoms with Gasteiger partial charge in [0.2, 0.25) is 15.9 Å². The molecule has 1 aromatic heterocycles. The highest BCUT2D eigenvalue weighted by Crippen LogP contribution is 2.30. The van der Waals surface area contributed by atoms with Gasteiger partial charge in [0.1, 0.15) is 10.6 Å². The Hall–Kier alpha value is -1.61. The van der Waals surface area contributed by atoms with Crippen LogP contribution in [0, 0.1) is 19.8 Å². The van der Waals surface area contributed by atoms with Crippen LogP contribution in [0.3, 0.4) is 0 Å². The van der Waals surface area contributed by atoms with Gasteiger partial charge in [0.15, 0.2) is 5.76 Å². The van der Waals surface area contributed by atoms with Crippen LogP contribution in [-0.4, -0.2) is 43.9 Å². The molecule has 10 heteroatoms. The van der Waals surface area contributed by atoms with E-state index < -0.39 is 15.9 Å². The van der Waals surface area contributed by atoms with E-state index >= 15 is 0 Å². The largest absolute Gasteiger partial charge is 0.360 e. The van der Waals surface area contributed by atoms with Gasteiger partial charge in [0.05, 0.1) is 5.92 Å². The monoisotopic (exact) mass is 445 g/mol. The van der Waals surface area contributed by atoms with Crippen LogP contribution in [-0.2, 0) is 14.8 Å². The fourth-order valence-corrected chi connectivity index (χ4v) is 5.80. The van der Waals surface area contributed by atoms with Crippen molar-refractivity contribution in [1.82, 2.24) is 9.46 Å². The SMILES string of the molecule is Cc1noc(C)c1S(=O)(=O)N1CCCC(C(=O)N(C)c2cc(Cl)cc(Cl)c2)C1. The van der Waals surface area contributed by atoms with Gasteiger partial charge < -0.3 is 9.42 Å². The lowest BCUT2D eigenvalue weighted by Gasteiger charge is -2.33. The zero-order valence-electron chi connectivity index (χ0n) is 15.8. The molecule has 1 atom stereocenters. The van der Waals surface area contributed by atoms with Crippen LogP contribution in [0.1, 0.15) is 24.3 Å². The summed E-state index contributed by atoms with van der Waals surface area (Å²) < 4.78 is 32.5. The number of anilines is 1. The van der Waals surface area contributed by atoms with Gasteiger partial charge in [-0.25, -0.2) is 8.42 Å². The van der Waals surface area contributed by atoms with E-state index in [0.717, 1.165) is 0 Å². The predicted octanol–water partition coefficient (Wildman–Crippen LogP) is 3.66. The van der Waals surface area contributed by atoms with Crippen molar-refractivity contribution in [1.29, 1.82) is 0 Å². The number of rotatable bonds is 4. The molecule has 1 fully saturated rings. The Bertz CT molecular complexity index is 967. The van der Waals surface area contributed by atoms with Crippen LogP contribution in [0.15, 0.2) is 27.6 Å². The lowest BCUT2D eigenvalue weighted by atomic mass is 9.98. The minimum Gasteiger partial charge on any atom is -0.360 e. The van der Waals surface area contributed by atoms with Gasteiger partial charge >= 0.3 is 0 Å². The molecular formula is C18H21Cl2N3O4S. The molecule has 0 N–H and O–H groups in total. The zero-order chi connectivity index (χ0) is 20.6. The quantitative estimate of drug-likeness (QED) is 0.716. The van der Waals surface area contributed by atoms with Crippen molar-refractivity contribution in [2.75, 3.05) is 25.0 Å². The third kappa shape index (κ3) is 4.05. The fourth-order valence-electron chi connectivity index (χ4n) is 3.47. The number of sulfonamides is 1. The smallest absolute Gasteiger partial charge is 0.248 e. The van der Waals surface area contributed by atoms with Gasteiger partial charge in [0.25, 0.3) is 0 Å². The van der Waals surface area contributed by atoms with Gasteiger partial charge in [-0.1, -0.05) is 28.4 Å². The predicted molar refractivity (Wildman–Crippen MR) is 107 cm³/mol. The maximum Gasteiger partial charge on any atom is 0.248 e. The second kappa shape index (κ2) is 8.02. The Kier molecular flexibility index (Phi) is 6.05.